The molecule has 0 unspecified atom stereocenters. The molecule has 1 aromatic carbocycles. The van der Waals surface area contributed by atoms with E-state index in [0.29, 0.717) is 42.9 Å². The summed E-state index contributed by atoms with van der Waals surface area (Å²) in [5.41, 5.74) is 5.96. The Labute approximate surface area is 173 Å². The molecule has 0 radical (unpaired) electrons. The SMILES string of the molecule is CCOc1ccc(OCC)c(NC(=O)CN(CCC2CCCCC2)CC(N)=O)c1. The van der Waals surface area contributed by atoms with Gasteiger partial charge in [-0.25, -0.2) is 0 Å². The number of primary amides is 1. The zero-order valence-electron chi connectivity index (χ0n) is 17.7. The summed E-state index contributed by atoms with van der Waals surface area (Å²) in [7, 11) is 0. The Bertz CT molecular complexity index is 659. The van der Waals surface area contributed by atoms with Gasteiger partial charge in [0.25, 0.3) is 0 Å². The Kier molecular flexibility index (Phi) is 9.77. The highest BCUT2D eigenvalue weighted by atomic mass is 16.5. The van der Waals surface area contributed by atoms with E-state index < -0.39 is 5.91 Å². The van der Waals surface area contributed by atoms with Gasteiger partial charge in [-0.3, -0.25) is 14.5 Å². The second-order valence-corrected chi connectivity index (χ2v) is 7.54. The van der Waals surface area contributed by atoms with Crippen LogP contribution in [0.2, 0.25) is 0 Å². The van der Waals surface area contributed by atoms with Crippen molar-refractivity contribution < 1.29 is 19.1 Å². The maximum Gasteiger partial charge on any atom is 0.238 e. The van der Waals surface area contributed by atoms with Crippen molar-refractivity contribution in [3.05, 3.63) is 18.2 Å². The van der Waals surface area contributed by atoms with Crippen LogP contribution in [0.25, 0.3) is 0 Å². The van der Waals surface area contributed by atoms with Gasteiger partial charge in [-0.1, -0.05) is 32.1 Å². The first-order chi connectivity index (χ1) is 14.0. The van der Waals surface area contributed by atoms with Gasteiger partial charge in [0.1, 0.15) is 11.5 Å². The minimum atomic E-state index is -0.421. The molecular formula is C22H35N3O4. The van der Waals surface area contributed by atoms with E-state index in [0.717, 1.165) is 6.42 Å². The number of ether oxygens (including phenoxy) is 2. The van der Waals surface area contributed by atoms with E-state index in [-0.39, 0.29) is 19.0 Å². The lowest BCUT2D eigenvalue weighted by atomic mass is 9.87. The molecule has 2 amide bonds. The minimum absolute atomic E-state index is 0.0808. The number of nitrogens with two attached hydrogens (primary N) is 1. The third-order valence-corrected chi connectivity index (χ3v) is 5.16. The molecule has 1 aliphatic carbocycles. The molecule has 0 heterocycles. The summed E-state index contributed by atoms with van der Waals surface area (Å²) in [5.74, 6) is 1.31. The van der Waals surface area contributed by atoms with Gasteiger partial charge in [0, 0.05) is 6.07 Å². The molecule has 0 aliphatic heterocycles. The van der Waals surface area contributed by atoms with Crippen molar-refractivity contribution in [1.82, 2.24) is 4.90 Å². The van der Waals surface area contributed by atoms with Crippen LogP contribution in [0, 0.1) is 5.92 Å². The van der Waals surface area contributed by atoms with E-state index in [4.69, 9.17) is 15.2 Å². The van der Waals surface area contributed by atoms with Crippen LogP contribution in [0.1, 0.15) is 52.4 Å². The second kappa shape index (κ2) is 12.3. The van der Waals surface area contributed by atoms with E-state index in [9.17, 15) is 9.59 Å². The summed E-state index contributed by atoms with van der Waals surface area (Å²) in [5, 5.41) is 2.90. The van der Waals surface area contributed by atoms with E-state index >= 15 is 0 Å². The van der Waals surface area contributed by atoms with Gasteiger partial charge >= 0.3 is 0 Å². The Morgan fingerprint density at radius 1 is 1.10 bits per heavy atom. The number of nitrogens with one attached hydrogen (secondary N) is 1. The van der Waals surface area contributed by atoms with Gasteiger partial charge < -0.3 is 20.5 Å². The highest BCUT2D eigenvalue weighted by molar-refractivity contribution is 5.94. The zero-order valence-corrected chi connectivity index (χ0v) is 17.7. The third kappa shape index (κ3) is 8.31. The molecule has 162 valence electrons. The average molecular weight is 406 g/mol. The summed E-state index contributed by atoms with van der Waals surface area (Å²) in [6.45, 7) is 5.71. The van der Waals surface area contributed by atoms with Gasteiger partial charge in [-0.2, -0.15) is 0 Å². The van der Waals surface area contributed by atoms with Gasteiger partial charge in [-0.05, 0) is 44.9 Å². The topological polar surface area (TPSA) is 93.9 Å². The molecule has 0 spiro atoms. The highest BCUT2D eigenvalue weighted by Gasteiger charge is 2.19. The molecule has 2 rings (SSSR count). The Hall–Kier alpha value is -2.28. The quantitative estimate of drug-likeness (QED) is 0.557. The second-order valence-electron chi connectivity index (χ2n) is 7.54. The van der Waals surface area contributed by atoms with Crippen LogP contribution in [-0.2, 0) is 9.59 Å². The molecule has 29 heavy (non-hydrogen) atoms. The fourth-order valence-corrected chi connectivity index (χ4v) is 3.81. The molecule has 0 bridgehead atoms. The standard InChI is InChI=1S/C22H35N3O4/c1-3-28-18-10-11-20(29-4-2)19(14-18)24-22(27)16-25(15-21(23)26)13-12-17-8-6-5-7-9-17/h10-11,14,17H,3-9,12-13,15-16H2,1-2H3,(H2,23,26)(H,24,27). The molecule has 1 aromatic rings. The molecule has 0 atom stereocenters. The molecule has 7 heteroatoms. The van der Waals surface area contributed by atoms with Crippen molar-refractivity contribution in [3.8, 4) is 11.5 Å². The number of nitrogens with zero attached hydrogens (tertiary/aromatic N) is 1. The molecular weight excluding hydrogens is 370 g/mol. The van der Waals surface area contributed by atoms with Crippen LogP contribution in [-0.4, -0.2) is 49.6 Å². The number of anilines is 1. The van der Waals surface area contributed by atoms with Crippen LogP contribution < -0.4 is 20.5 Å². The van der Waals surface area contributed by atoms with Crippen molar-refractivity contribution in [1.29, 1.82) is 0 Å². The zero-order chi connectivity index (χ0) is 21.1. The largest absolute Gasteiger partial charge is 0.494 e. The monoisotopic (exact) mass is 405 g/mol. The summed E-state index contributed by atoms with van der Waals surface area (Å²) < 4.78 is 11.1. The number of benzene rings is 1. The van der Waals surface area contributed by atoms with Crippen molar-refractivity contribution in [3.63, 3.8) is 0 Å². The molecule has 0 saturated heterocycles. The van der Waals surface area contributed by atoms with Crippen LogP contribution in [0.4, 0.5) is 5.69 Å². The fraction of sp³-hybridized carbons (Fsp3) is 0.636. The van der Waals surface area contributed by atoms with Crippen LogP contribution in [0.5, 0.6) is 11.5 Å². The van der Waals surface area contributed by atoms with E-state index in [1.54, 1.807) is 12.1 Å². The predicted molar refractivity (Wildman–Crippen MR) is 114 cm³/mol. The van der Waals surface area contributed by atoms with Gasteiger partial charge in [0.2, 0.25) is 11.8 Å². The van der Waals surface area contributed by atoms with E-state index in [2.05, 4.69) is 5.32 Å². The maximum atomic E-state index is 12.7. The van der Waals surface area contributed by atoms with Crippen molar-refractivity contribution in [2.45, 2.75) is 52.4 Å². The van der Waals surface area contributed by atoms with Gasteiger partial charge in [0.15, 0.2) is 0 Å². The first-order valence-corrected chi connectivity index (χ1v) is 10.7. The predicted octanol–water partition coefficient (Wildman–Crippen LogP) is 3.18. The van der Waals surface area contributed by atoms with E-state index in [1.807, 2.05) is 24.8 Å². The number of hydrogen-bond donors (Lipinski definition) is 2. The molecule has 1 fully saturated rings. The number of amides is 2. The fourth-order valence-electron chi connectivity index (χ4n) is 3.81. The number of carbonyl (C=O) groups is 2. The van der Waals surface area contributed by atoms with Crippen molar-refractivity contribution in [2.24, 2.45) is 11.7 Å². The maximum absolute atomic E-state index is 12.7. The summed E-state index contributed by atoms with van der Waals surface area (Å²) in [6.07, 6.45) is 7.32. The van der Waals surface area contributed by atoms with Gasteiger partial charge in [0.05, 0.1) is 32.0 Å². The van der Waals surface area contributed by atoms with Crippen molar-refractivity contribution in [2.75, 3.05) is 38.2 Å². The first-order valence-electron chi connectivity index (χ1n) is 10.7. The van der Waals surface area contributed by atoms with Crippen LogP contribution in [0.15, 0.2) is 18.2 Å². The number of hydrogen-bond acceptors (Lipinski definition) is 5. The Balaban J connectivity index is 1.98. The van der Waals surface area contributed by atoms with Gasteiger partial charge in [-0.15, -0.1) is 0 Å². The molecule has 3 N–H and O–H groups in total. The summed E-state index contributed by atoms with van der Waals surface area (Å²) in [6, 6.07) is 5.36. The minimum Gasteiger partial charge on any atom is -0.494 e. The molecule has 7 nitrogen and oxygen atoms in total. The number of rotatable bonds is 12. The van der Waals surface area contributed by atoms with Crippen molar-refractivity contribution >= 4 is 17.5 Å². The lowest BCUT2D eigenvalue weighted by Gasteiger charge is -2.26. The molecule has 1 aliphatic rings. The number of carbonyl (C=O) groups excluding carboxylic acids is 2. The van der Waals surface area contributed by atoms with Crippen LogP contribution in [0.3, 0.4) is 0 Å². The summed E-state index contributed by atoms with van der Waals surface area (Å²) in [4.78, 5) is 26.0. The third-order valence-electron chi connectivity index (χ3n) is 5.16. The smallest absolute Gasteiger partial charge is 0.238 e. The average Bonchev–Trinajstić information content (AvgIpc) is 2.69. The first kappa shape index (κ1) is 23.0. The highest BCUT2D eigenvalue weighted by Crippen LogP contribution is 2.30. The van der Waals surface area contributed by atoms with E-state index in [1.165, 1.54) is 32.1 Å². The molecule has 1 saturated carbocycles. The van der Waals surface area contributed by atoms with Crippen LogP contribution >= 0.6 is 0 Å². The Morgan fingerprint density at radius 2 is 1.83 bits per heavy atom. The summed E-state index contributed by atoms with van der Waals surface area (Å²) >= 11 is 0. The lowest BCUT2D eigenvalue weighted by Crippen LogP contribution is -2.40. The molecule has 0 aromatic heterocycles. The Morgan fingerprint density at radius 3 is 2.48 bits per heavy atom. The lowest BCUT2D eigenvalue weighted by molar-refractivity contribution is -0.121. The normalized spacial score (nSPS) is 14.6.